The van der Waals surface area contributed by atoms with Crippen LogP contribution in [0.25, 0.3) is 16.9 Å². The number of hydrogen-bond donors (Lipinski definition) is 1. The molecule has 1 N–H and O–H groups in total. The first-order valence-corrected chi connectivity index (χ1v) is 7.31. The molecule has 0 aliphatic carbocycles. The van der Waals surface area contributed by atoms with Crippen LogP contribution in [0.3, 0.4) is 0 Å². The van der Waals surface area contributed by atoms with Crippen molar-refractivity contribution in [3.63, 3.8) is 0 Å². The fourth-order valence-electron chi connectivity index (χ4n) is 2.60. The number of methoxy groups -OCH3 is 2. The van der Waals surface area contributed by atoms with Crippen LogP contribution < -0.4 is 9.47 Å². The molecule has 0 saturated heterocycles. The molecule has 3 aromatic rings. The van der Waals surface area contributed by atoms with Gasteiger partial charge in [-0.05, 0) is 30.3 Å². The van der Waals surface area contributed by atoms with Gasteiger partial charge < -0.3 is 14.6 Å². The van der Waals surface area contributed by atoms with Crippen molar-refractivity contribution in [2.75, 3.05) is 14.2 Å². The summed E-state index contributed by atoms with van der Waals surface area (Å²) in [5.74, 6) is -0.686. The van der Waals surface area contributed by atoms with E-state index in [-0.39, 0.29) is 11.3 Å². The zero-order valence-electron chi connectivity index (χ0n) is 13.7. The molecule has 136 valence electrons. The number of halogens is 3. The molecule has 0 amide bonds. The molecular weight excluding hydrogens is 353 g/mol. The van der Waals surface area contributed by atoms with Gasteiger partial charge in [0.2, 0.25) is 0 Å². The first kappa shape index (κ1) is 17.6. The Morgan fingerprint density at radius 2 is 1.88 bits per heavy atom. The summed E-state index contributed by atoms with van der Waals surface area (Å²) in [6.45, 7) is 0. The zero-order chi connectivity index (χ0) is 19.1. The van der Waals surface area contributed by atoms with E-state index >= 15 is 0 Å². The Morgan fingerprint density at radius 3 is 2.46 bits per heavy atom. The van der Waals surface area contributed by atoms with Crippen LogP contribution in [0, 0.1) is 0 Å². The lowest BCUT2D eigenvalue weighted by Gasteiger charge is -2.10. The van der Waals surface area contributed by atoms with E-state index in [0.717, 1.165) is 16.5 Å². The Morgan fingerprint density at radius 1 is 1.15 bits per heavy atom. The van der Waals surface area contributed by atoms with Crippen molar-refractivity contribution < 1.29 is 32.5 Å². The second kappa shape index (κ2) is 6.25. The van der Waals surface area contributed by atoms with E-state index in [1.54, 1.807) is 12.1 Å². The normalized spacial score (nSPS) is 11.6. The number of rotatable bonds is 4. The SMILES string of the molecule is COc1ccc(OC)c(-c2nc3ccc(C(F)(F)F)cn3c2C(=O)O)c1. The van der Waals surface area contributed by atoms with Gasteiger partial charge in [0.15, 0.2) is 5.69 Å². The van der Waals surface area contributed by atoms with Crippen molar-refractivity contribution in [1.82, 2.24) is 9.38 Å². The third-order valence-electron chi connectivity index (χ3n) is 3.81. The zero-order valence-corrected chi connectivity index (χ0v) is 13.7. The average molecular weight is 366 g/mol. The van der Waals surface area contributed by atoms with Crippen molar-refractivity contribution in [3.05, 3.63) is 47.8 Å². The van der Waals surface area contributed by atoms with Gasteiger partial charge in [-0.1, -0.05) is 0 Å². The molecule has 0 aliphatic heterocycles. The van der Waals surface area contributed by atoms with E-state index in [0.29, 0.717) is 23.3 Å². The summed E-state index contributed by atoms with van der Waals surface area (Å²) in [5.41, 5.74) is -1.05. The van der Waals surface area contributed by atoms with Crippen LogP contribution in [0.1, 0.15) is 16.1 Å². The third kappa shape index (κ3) is 2.92. The molecule has 6 nitrogen and oxygen atoms in total. The number of hydrogen-bond acceptors (Lipinski definition) is 4. The Bertz CT molecular complexity index is 996. The number of carboxylic acid groups (broad SMARTS) is 1. The molecule has 26 heavy (non-hydrogen) atoms. The standard InChI is InChI=1S/C17H13F3N2O4/c1-25-10-4-5-12(26-2)11(7-10)14-15(16(23)24)22-8-9(17(18,19)20)3-6-13(22)21-14/h3-8H,1-2H3,(H,23,24). The fraction of sp³-hybridized carbons (Fsp3) is 0.176. The Labute approximate surface area is 145 Å². The first-order chi connectivity index (χ1) is 12.3. The van der Waals surface area contributed by atoms with E-state index in [4.69, 9.17) is 9.47 Å². The number of carbonyl (C=O) groups is 1. The average Bonchev–Trinajstić information content (AvgIpc) is 2.99. The second-order valence-corrected chi connectivity index (χ2v) is 5.32. The lowest BCUT2D eigenvalue weighted by Crippen LogP contribution is -2.09. The van der Waals surface area contributed by atoms with Crippen LogP contribution in [0.4, 0.5) is 13.2 Å². The highest BCUT2D eigenvalue weighted by molar-refractivity contribution is 5.95. The van der Waals surface area contributed by atoms with E-state index in [9.17, 15) is 23.1 Å². The van der Waals surface area contributed by atoms with Gasteiger partial charge in [0.25, 0.3) is 0 Å². The Kier molecular flexibility index (Phi) is 4.23. The molecule has 0 saturated carbocycles. The quantitative estimate of drug-likeness (QED) is 0.762. The number of nitrogens with zero attached hydrogens (tertiary/aromatic N) is 2. The summed E-state index contributed by atoms with van der Waals surface area (Å²) < 4.78 is 50.2. The van der Waals surface area contributed by atoms with Crippen LogP contribution in [0.5, 0.6) is 11.5 Å². The smallest absolute Gasteiger partial charge is 0.417 e. The van der Waals surface area contributed by atoms with E-state index < -0.39 is 23.4 Å². The van der Waals surface area contributed by atoms with Crippen molar-refractivity contribution in [3.8, 4) is 22.8 Å². The molecule has 2 heterocycles. The topological polar surface area (TPSA) is 73.1 Å². The maximum Gasteiger partial charge on any atom is 0.417 e. The molecule has 2 aromatic heterocycles. The van der Waals surface area contributed by atoms with Crippen LogP contribution >= 0.6 is 0 Å². The van der Waals surface area contributed by atoms with Crippen LogP contribution in [-0.4, -0.2) is 34.7 Å². The van der Waals surface area contributed by atoms with Gasteiger partial charge in [0.05, 0.1) is 19.8 Å². The summed E-state index contributed by atoms with van der Waals surface area (Å²) in [4.78, 5) is 16.0. The molecule has 0 unspecified atom stereocenters. The van der Waals surface area contributed by atoms with Crippen molar-refractivity contribution in [1.29, 1.82) is 0 Å². The third-order valence-corrected chi connectivity index (χ3v) is 3.81. The molecule has 0 atom stereocenters. The summed E-state index contributed by atoms with van der Waals surface area (Å²) in [6.07, 6.45) is -3.90. The van der Waals surface area contributed by atoms with Gasteiger partial charge in [-0.25, -0.2) is 9.78 Å². The summed E-state index contributed by atoms with van der Waals surface area (Å²) in [5, 5.41) is 9.58. The van der Waals surface area contributed by atoms with Gasteiger partial charge in [-0.2, -0.15) is 13.2 Å². The molecule has 9 heteroatoms. The number of carboxylic acids is 1. The molecule has 0 aliphatic rings. The lowest BCUT2D eigenvalue weighted by molar-refractivity contribution is -0.137. The molecule has 0 radical (unpaired) electrons. The van der Waals surface area contributed by atoms with Crippen molar-refractivity contribution >= 4 is 11.6 Å². The van der Waals surface area contributed by atoms with Crippen molar-refractivity contribution in [2.24, 2.45) is 0 Å². The number of aromatic nitrogens is 2. The molecule has 0 bridgehead atoms. The number of fused-ring (bicyclic) bond motifs is 1. The number of aromatic carboxylic acids is 1. The van der Waals surface area contributed by atoms with Crippen molar-refractivity contribution in [2.45, 2.75) is 6.18 Å². The number of alkyl halides is 3. The highest BCUT2D eigenvalue weighted by atomic mass is 19.4. The van der Waals surface area contributed by atoms with Gasteiger partial charge in [0, 0.05) is 11.8 Å². The van der Waals surface area contributed by atoms with Gasteiger partial charge in [0.1, 0.15) is 22.8 Å². The number of imidazole rings is 1. The van der Waals surface area contributed by atoms with Crippen LogP contribution in [-0.2, 0) is 6.18 Å². The minimum absolute atomic E-state index is 0.0208. The fourth-order valence-corrected chi connectivity index (χ4v) is 2.60. The van der Waals surface area contributed by atoms with Gasteiger partial charge in [-0.15, -0.1) is 0 Å². The largest absolute Gasteiger partial charge is 0.497 e. The monoisotopic (exact) mass is 366 g/mol. The Hall–Kier alpha value is -3.23. The van der Waals surface area contributed by atoms with E-state index in [1.165, 1.54) is 20.3 Å². The molecule has 0 spiro atoms. The predicted octanol–water partition coefficient (Wildman–Crippen LogP) is 3.74. The first-order valence-electron chi connectivity index (χ1n) is 7.31. The number of benzene rings is 1. The number of pyridine rings is 1. The summed E-state index contributed by atoms with van der Waals surface area (Å²) >= 11 is 0. The second-order valence-electron chi connectivity index (χ2n) is 5.32. The molecule has 1 aromatic carbocycles. The van der Waals surface area contributed by atoms with E-state index in [2.05, 4.69) is 4.98 Å². The minimum Gasteiger partial charge on any atom is -0.497 e. The summed E-state index contributed by atoms with van der Waals surface area (Å²) in [6, 6.07) is 6.65. The maximum absolute atomic E-state index is 13.0. The maximum atomic E-state index is 13.0. The van der Waals surface area contributed by atoms with Crippen LogP contribution in [0.2, 0.25) is 0 Å². The lowest BCUT2D eigenvalue weighted by atomic mass is 10.1. The molecule has 0 fully saturated rings. The summed E-state index contributed by atoms with van der Waals surface area (Å²) in [7, 11) is 2.83. The van der Waals surface area contributed by atoms with Gasteiger partial charge >= 0.3 is 12.1 Å². The number of ether oxygens (including phenoxy) is 2. The van der Waals surface area contributed by atoms with E-state index in [1.807, 2.05) is 0 Å². The molecular formula is C17H13F3N2O4. The van der Waals surface area contributed by atoms with Crippen LogP contribution in [0.15, 0.2) is 36.5 Å². The highest BCUT2D eigenvalue weighted by Gasteiger charge is 2.32. The van der Waals surface area contributed by atoms with Gasteiger partial charge in [-0.3, -0.25) is 4.40 Å². The minimum atomic E-state index is -4.61. The predicted molar refractivity (Wildman–Crippen MR) is 85.7 cm³/mol. The molecule has 3 rings (SSSR count). The Balaban J connectivity index is 2.34. The highest BCUT2D eigenvalue weighted by Crippen LogP contribution is 2.36.